The van der Waals surface area contributed by atoms with Crippen molar-refractivity contribution >= 4 is 6.09 Å². The summed E-state index contributed by atoms with van der Waals surface area (Å²) in [5.74, 6) is 0.120. The molecule has 2 unspecified atom stereocenters. The minimum atomic E-state index is -0.269. The Balaban J connectivity index is 1.24. The van der Waals surface area contributed by atoms with Crippen LogP contribution in [0.2, 0.25) is 0 Å². The highest BCUT2D eigenvalue weighted by atomic mass is 16.5. The molecule has 4 heteroatoms. The number of nitrogens with one attached hydrogen (secondary N) is 1. The van der Waals surface area contributed by atoms with E-state index >= 15 is 0 Å². The second kappa shape index (κ2) is 7.25. The van der Waals surface area contributed by atoms with Gasteiger partial charge in [-0.15, -0.1) is 0 Å². The summed E-state index contributed by atoms with van der Waals surface area (Å²) in [5.41, 5.74) is 5.03. The quantitative estimate of drug-likeness (QED) is 0.855. The van der Waals surface area contributed by atoms with Crippen LogP contribution in [-0.4, -0.2) is 42.8 Å². The van der Waals surface area contributed by atoms with Crippen molar-refractivity contribution in [2.45, 2.75) is 56.1 Å². The number of carbonyl (C=O) groups is 1. The first-order valence-corrected chi connectivity index (χ1v) is 10.5. The van der Waals surface area contributed by atoms with Gasteiger partial charge in [0.15, 0.2) is 0 Å². The van der Waals surface area contributed by atoms with Crippen LogP contribution in [0.4, 0.5) is 4.79 Å². The zero-order valence-corrected chi connectivity index (χ0v) is 16.4. The molecule has 5 rings (SSSR count). The van der Waals surface area contributed by atoms with Crippen molar-refractivity contribution in [2.75, 3.05) is 13.7 Å². The Morgan fingerprint density at radius 2 is 1.57 bits per heavy atom. The second-order valence-corrected chi connectivity index (χ2v) is 8.54. The minimum absolute atomic E-state index is 0.120. The maximum atomic E-state index is 12.5. The number of nitrogens with zero attached hydrogens (tertiary/aromatic N) is 1. The third kappa shape index (κ3) is 3.10. The molecule has 28 heavy (non-hydrogen) atoms. The summed E-state index contributed by atoms with van der Waals surface area (Å²) in [4.78, 5) is 15.1. The average molecular weight is 377 g/mol. The Morgan fingerprint density at radius 1 is 1.00 bits per heavy atom. The average Bonchev–Trinajstić information content (AvgIpc) is 3.01. The molecule has 146 valence electrons. The highest BCUT2D eigenvalue weighted by Gasteiger charge is 2.37. The largest absolute Gasteiger partial charge is 0.449 e. The molecule has 2 heterocycles. The smallest absolute Gasteiger partial charge is 0.407 e. The molecule has 1 N–H and O–H groups in total. The molecule has 2 fully saturated rings. The van der Waals surface area contributed by atoms with E-state index in [0.29, 0.717) is 18.7 Å². The topological polar surface area (TPSA) is 41.6 Å². The number of amides is 1. The van der Waals surface area contributed by atoms with Crippen molar-refractivity contribution in [2.24, 2.45) is 0 Å². The Bertz CT molecular complexity index is 821. The van der Waals surface area contributed by atoms with Crippen molar-refractivity contribution in [3.63, 3.8) is 0 Å². The van der Waals surface area contributed by atoms with E-state index in [1.54, 1.807) is 0 Å². The van der Waals surface area contributed by atoms with Gasteiger partial charge in [-0.25, -0.2) is 4.79 Å². The van der Waals surface area contributed by atoms with Gasteiger partial charge in [-0.3, -0.25) is 0 Å². The maximum absolute atomic E-state index is 12.5. The third-order valence-corrected chi connectivity index (χ3v) is 7.01. The molecule has 3 aliphatic rings. The number of alkyl carbamates (subject to hydrolysis) is 1. The molecule has 0 spiro atoms. The van der Waals surface area contributed by atoms with Crippen molar-refractivity contribution in [3.05, 3.63) is 59.7 Å². The zero-order valence-electron chi connectivity index (χ0n) is 16.4. The molecule has 4 nitrogen and oxygen atoms in total. The van der Waals surface area contributed by atoms with Gasteiger partial charge in [-0.1, -0.05) is 55.0 Å². The molecule has 1 amide bonds. The van der Waals surface area contributed by atoms with Crippen molar-refractivity contribution in [3.8, 4) is 11.1 Å². The number of hydrogen-bond donors (Lipinski definition) is 1. The van der Waals surface area contributed by atoms with E-state index < -0.39 is 0 Å². The molecule has 2 bridgehead atoms. The van der Waals surface area contributed by atoms with Crippen LogP contribution >= 0.6 is 0 Å². The van der Waals surface area contributed by atoms with Crippen LogP contribution < -0.4 is 5.32 Å². The molecule has 0 saturated carbocycles. The van der Waals surface area contributed by atoms with E-state index in [9.17, 15) is 4.79 Å². The van der Waals surface area contributed by atoms with Crippen LogP contribution in [0.1, 0.15) is 49.1 Å². The van der Waals surface area contributed by atoms with Crippen LogP contribution in [0.15, 0.2) is 48.5 Å². The second-order valence-electron chi connectivity index (χ2n) is 8.54. The first-order valence-electron chi connectivity index (χ1n) is 10.5. The van der Waals surface area contributed by atoms with Crippen molar-refractivity contribution < 1.29 is 9.53 Å². The summed E-state index contributed by atoms with van der Waals surface area (Å²) in [6.45, 7) is 0.388. The first-order chi connectivity index (χ1) is 13.7. The number of ether oxygens (including phenoxy) is 1. The fourth-order valence-electron chi connectivity index (χ4n) is 5.54. The number of hydrogen-bond acceptors (Lipinski definition) is 3. The lowest BCUT2D eigenvalue weighted by molar-refractivity contribution is 0.0463. The monoisotopic (exact) mass is 376 g/mol. The van der Waals surface area contributed by atoms with Gasteiger partial charge in [0.2, 0.25) is 0 Å². The first kappa shape index (κ1) is 17.7. The zero-order chi connectivity index (χ0) is 19.1. The van der Waals surface area contributed by atoms with Crippen molar-refractivity contribution in [1.29, 1.82) is 0 Å². The van der Waals surface area contributed by atoms with Gasteiger partial charge in [-0.05, 0) is 55.0 Å². The lowest BCUT2D eigenvalue weighted by Gasteiger charge is -2.47. The van der Waals surface area contributed by atoms with E-state index in [2.05, 4.69) is 65.8 Å². The van der Waals surface area contributed by atoms with Gasteiger partial charge >= 0.3 is 6.09 Å². The van der Waals surface area contributed by atoms with E-state index in [1.165, 1.54) is 41.5 Å². The fourth-order valence-corrected chi connectivity index (χ4v) is 5.54. The summed E-state index contributed by atoms with van der Waals surface area (Å²) < 4.78 is 5.73. The minimum Gasteiger partial charge on any atom is -0.449 e. The Labute approximate surface area is 166 Å². The summed E-state index contributed by atoms with van der Waals surface area (Å²) in [6, 6.07) is 18.3. The standard InChI is InChI=1S/C24H28N2O2/c1-26-17-7-6-8-18(26)14-16(13-17)25-24(27)28-15-23-21-11-4-2-9-19(21)20-10-3-5-12-22(20)23/h2-5,9-12,16-18,23H,6-8,13-15H2,1H3,(H,25,27). The number of benzene rings is 2. The van der Waals surface area contributed by atoms with Crippen LogP contribution in [0, 0.1) is 0 Å². The molecule has 1 aliphatic carbocycles. The van der Waals surface area contributed by atoms with E-state index in [0.717, 1.165) is 12.8 Å². The Kier molecular flexibility index (Phi) is 4.59. The van der Waals surface area contributed by atoms with Gasteiger partial charge in [0.05, 0.1) is 0 Å². The number of fused-ring (bicyclic) bond motifs is 5. The fraction of sp³-hybridized carbons (Fsp3) is 0.458. The van der Waals surface area contributed by atoms with E-state index in [4.69, 9.17) is 4.74 Å². The van der Waals surface area contributed by atoms with Crippen LogP contribution in [-0.2, 0) is 4.74 Å². The van der Waals surface area contributed by atoms with E-state index in [1.807, 2.05) is 0 Å². The van der Waals surface area contributed by atoms with Gasteiger partial charge in [0, 0.05) is 24.0 Å². The predicted molar refractivity (Wildman–Crippen MR) is 110 cm³/mol. The molecule has 2 aromatic rings. The van der Waals surface area contributed by atoms with Crippen LogP contribution in [0.5, 0.6) is 0 Å². The SMILES string of the molecule is CN1C2CCCC1CC(NC(=O)OCC1c3ccccc3-c3ccccc31)C2. The highest BCUT2D eigenvalue weighted by molar-refractivity contribution is 5.79. The Hall–Kier alpha value is -2.33. The summed E-state index contributed by atoms with van der Waals surface area (Å²) in [6.07, 6.45) is 5.62. The normalized spacial score (nSPS) is 26.4. The van der Waals surface area contributed by atoms with Gasteiger partial charge < -0.3 is 15.0 Å². The molecule has 2 saturated heterocycles. The summed E-state index contributed by atoms with van der Waals surface area (Å²) >= 11 is 0. The predicted octanol–water partition coefficient (Wildman–Crippen LogP) is 4.54. The number of carbonyl (C=O) groups excluding carboxylic acids is 1. The third-order valence-electron chi connectivity index (χ3n) is 7.01. The molecule has 2 aromatic carbocycles. The number of piperidine rings is 2. The Morgan fingerprint density at radius 3 is 2.18 bits per heavy atom. The van der Waals surface area contributed by atoms with Crippen LogP contribution in [0.3, 0.4) is 0 Å². The highest BCUT2D eigenvalue weighted by Crippen LogP contribution is 2.44. The molecule has 2 atom stereocenters. The molecular weight excluding hydrogens is 348 g/mol. The summed E-state index contributed by atoms with van der Waals surface area (Å²) in [5, 5.41) is 3.15. The molecule has 2 aliphatic heterocycles. The van der Waals surface area contributed by atoms with Gasteiger partial charge in [0.1, 0.15) is 6.61 Å². The lowest BCUT2D eigenvalue weighted by Crippen LogP contribution is -2.55. The molecule has 0 radical (unpaired) electrons. The molecule has 0 aromatic heterocycles. The number of rotatable bonds is 3. The maximum Gasteiger partial charge on any atom is 0.407 e. The lowest BCUT2D eigenvalue weighted by atomic mass is 9.82. The van der Waals surface area contributed by atoms with Crippen LogP contribution in [0.25, 0.3) is 11.1 Å². The van der Waals surface area contributed by atoms with Gasteiger partial charge in [-0.2, -0.15) is 0 Å². The van der Waals surface area contributed by atoms with Gasteiger partial charge in [0.25, 0.3) is 0 Å². The summed E-state index contributed by atoms with van der Waals surface area (Å²) in [7, 11) is 2.23. The van der Waals surface area contributed by atoms with Crippen molar-refractivity contribution in [1.82, 2.24) is 10.2 Å². The van der Waals surface area contributed by atoms with E-state index in [-0.39, 0.29) is 18.1 Å². The molecular formula is C24H28N2O2.